The summed E-state index contributed by atoms with van der Waals surface area (Å²) in [6.45, 7) is 3.02. The van der Waals surface area contributed by atoms with Crippen LogP contribution in [-0.4, -0.2) is 45.0 Å². The molecule has 2 amide bonds. The predicted octanol–water partition coefficient (Wildman–Crippen LogP) is 0.876. The van der Waals surface area contributed by atoms with Gasteiger partial charge in [0.05, 0.1) is 19.2 Å². The topological polar surface area (TPSA) is 88.9 Å². The third-order valence-electron chi connectivity index (χ3n) is 4.09. The zero-order valence-corrected chi connectivity index (χ0v) is 16.4. The van der Waals surface area contributed by atoms with E-state index >= 15 is 0 Å². The molecule has 0 saturated carbocycles. The Bertz CT molecular complexity index is 817. The van der Waals surface area contributed by atoms with Gasteiger partial charge in [-0.1, -0.05) is 12.1 Å². The van der Waals surface area contributed by atoms with Gasteiger partial charge in [-0.25, -0.2) is 4.79 Å². The molecule has 0 spiro atoms. The number of rotatable bonds is 8. The predicted molar refractivity (Wildman–Crippen MR) is 106 cm³/mol. The molecule has 0 aromatic heterocycles. The average Bonchev–Trinajstić information content (AvgIpc) is 2.68. The van der Waals surface area contributed by atoms with Gasteiger partial charge in [0.25, 0.3) is 11.8 Å². The summed E-state index contributed by atoms with van der Waals surface area (Å²) in [6.07, 6.45) is 0. The monoisotopic (exact) mass is 384 g/mol. The van der Waals surface area contributed by atoms with Crippen LogP contribution in [0.5, 0.6) is 0 Å². The number of carbonyl (C=O) groups excluding carboxylic acids is 3. The Labute approximate surface area is 164 Å². The highest BCUT2D eigenvalue weighted by Crippen LogP contribution is 2.10. The van der Waals surface area contributed by atoms with E-state index in [4.69, 9.17) is 4.74 Å². The lowest BCUT2D eigenvalue weighted by atomic mass is 10.1. The van der Waals surface area contributed by atoms with Gasteiger partial charge in [-0.05, 0) is 43.3 Å². The fraction of sp³-hybridized carbons (Fsp3) is 0.286. The summed E-state index contributed by atoms with van der Waals surface area (Å²) in [5.74, 6) is -0.629. The van der Waals surface area contributed by atoms with E-state index in [9.17, 15) is 14.4 Å². The van der Waals surface area contributed by atoms with Crippen LogP contribution in [0.2, 0.25) is 0 Å². The number of hydrogen-bond acceptors (Lipinski definition) is 4. The lowest BCUT2D eigenvalue weighted by Crippen LogP contribution is -3.08. The highest BCUT2D eigenvalue weighted by Gasteiger charge is 2.12. The number of hydrogen-bond donors (Lipinski definition) is 3. The van der Waals surface area contributed by atoms with Gasteiger partial charge in [-0.3, -0.25) is 9.59 Å². The Hall–Kier alpha value is -3.19. The highest BCUT2D eigenvalue weighted by molar-refractivity contribution is 5.94. The number of carbonyl (C=O) groups is 3. The normalized spacial score (nSPS) is 11.4. The van der Waals surface area contributed by atoms with Crippen LogP contribution in [-0.2, 0) is 16.1 Å². The largest absolute Gasteiger partial charge is 0.462 e. The van der Waals surface area contributed by atoms with Crippen molar-refractivity contribution in [2.75, 3.05) is 32.6 Å². The van der Waals surface area contributed by atoms with Crippen molar-refractivity contribution < 1.29 is 24.0 Å². The molecule has 1 unspecified atom stereocenters. The van der Waals surface area contributed by atoms with Crippen LogP contribution in [0.25, 0.3) is 0 Å². The molecule has 0 heterocycles. The van der Waals surface area contributed by atoms with Gasteiger partial charge in [0.2, 0.25) is 0 Å². The van der Waals surface area contributed by atoms with Crippen molar-refractivity contribution in [1.82, 2.24) is 5.32 Å². The summed E-state index contributed by atoms with van der Waals surface area (Å²) in [6, 6.07) is 13.9. The lowest BCUT2D eigenvalue weighted by Gasteiger charge is -2.14. The van der Waals surface area contributed by atoms with Crippen LogP contribution in [0.3, 0.4) is 0 Å². The molecule has 0 bridgehead atoms. The summed E-state index contributed by atoms with van der Waals surface area (Å²) >= 11 is 0. The molecule has 7 heteroatoms. The summed E-state index contributed by atoms with van der Waals surface area (Å²) in [5, 5.41) is 5.41. The smallest absolute Gasteiger partial charge is 0.338 e. The van der Waals surface area contributed by atoms with Gasteiger partial charge in [-0.2, -0.15) is 0 Å². The first-order valence-corrected chi connectivity index (χ1v) is 9.12. The molecule has 0 aliphatic heterocycles. The van der Waals surface area contributed by atoms with E-state index < -0.39 is 0 Å². The lowest BCUT2D eigenvalue weighted by molar-refractivity contribution is -0.885. The maximum atomic E-state index is 12.2. The Morgan fingerprint density at radius 2 is 1.57 bits per heavy atom. The second-order valence-corrected chi connectivity index (χ2v) is 6.43. The van der Waals surface area contributed by atoms with E-state index in [0.717, 1.165) is 10.5 Å². The average molecular weight is 384 g/mol. The maximum Gasteiger partial charge on any atom is 0.338 e. The van der Waals surface area contributed by atoms with Crippen LogP contribution in [0.1, 0.15) is 33.2 Å². The Morgan fingerprint density at radius 3 is 2.14 bits per heavy atom. The molecule has 2 aromatic carbocycles. The molecule has 3 N–H and O–H groups in total. The van der Waals surface area contributed by atoms with E-state index in [1.54, 1.807) is 50.4 Å². The summed E-state index contributed by atoms with van der Waals surface area (Å²) in [7, 11) is 3.52. The molecule has 7 nitrogen and oxygen atoms in total. The number of nitrogens with one attached hydrogen (secondary N) is 3. The van der Waals surface area contributed by atoms with E-state index in [2.05, 4.69) is 10.6 Å². The fourth-order valence-corrected chi connectivity index (χ4v) is 2.71. The van der Waals surface area contributed by atoms with E-state index in [1.807, 2.05) is 19.2 Å². The second kappa shape index (κ2) is 10.2. The third-order valence-corrected chi connectivity index (χ3v) is 4.09. The van der Waals surface area contributed by atoms with E-state index in [0.29, 0.717) is 30.0 Å². The molecule has 1 atom stereocenters. The molecular weight excluding hydrogens is 358 g/mol. The highest BCUT2D eigenvalue weighted by atomic mass is 16.5. The number of anilines is 1. The molecular formula is C21H26N3O4+. The first-order chi connectivity index (χ1) is 13.4. The molecule has 0 aliphatic carbocycles. The van der Waals surface area contributed by atoms with Gasteiger partial charge in [0, 0.05) is 23.9 Å². The van der Waals surface area contributed by atoms with Gasteiger partial charge < -0.3 is 20.3 Å². The summed E-state index contributed by atoms with van der Waals surface area (Å²) < 4.78 is 4.93. The number of ether oxygens (including phenoxy) is 1. The molecule has 0 aliphatic rings. The summed E-state index contributed by atoms with van der Waals surface area (Å²) in [4.78, 5) is 36.4. The molecule has 2 aromatic rings. The van der Waals surface area contributed by atoms with Crippen molar-refractivity contribution in [2.24, 2.45) is 0 Å². The number of esters is 1. The zero-order valence-electron chi connectivity index (χ0n) is 16.4. The standard InChI is InChI=1S/C21H25N3O4/c1-4-28-21(27)17-9-11-18(12-10-17)23-19(25)14-24(3)13-15-5-7-16(8-6-15)20(26)22-2/h5-12H,4,13-14H2,1-3H3,(H,22,26)(H,23,25)/p+1. The SMILES string of the molecule is CCOC(=O)c1ccc(NC(=O)C[NH+](C)Cc2ccc(C(=O)NC)cc2)cc1. The van der Waals surface area contributed by atoms with Gasteiger partial charge in [0.15, 0.2) is 6.54 Å². The molecule has 0 radical (unpaired) electrons. The van der Waals surface area contributed by atoms with Crippen molar-refractivity contribution in [3.63, 3.8) is 0 Å². The number of benzene rings is 2. The molecule has 0 saturated heterocycles. The Balaban J connectivity index is 1.85. The van der Waals surface area contributed by atoms with Crippen LogP contribution >= 0.6 is 0 Å². The van der Waals surface area contributed by atoms with Crippen molar-refractivity contribution in [3.05, 3.63) is 65.2 Å². The first-order valence-electron chi connectivity index (χ1n) is 9.12. The van der Waals surface area contributed by atoms with Crippen LogP contribution in [0, 0.1) is 0 Å². The number of likely N-dealkylation sites (N-methyl/N-ethyl adjacent to an activating group) is 1. The first kappa shape index (κ1) is 21.1. The zero-order chi connectivity index (χ0) is 20.5. The Kier molecular flexibility index (Phi) is 7.71. The van der Waals surface area contributed by atoms with Crippen molar-refractivity contribution in [3.8, 4) is 0 Å². The summed E-state index contributed by atoms with van der Waals surface area (Å²) in [5.41, 5.74) is 2.72. The molecule has 2 rings (SSSR count). The van der Waals surface area contributed by atoms with Crippen molar-refractivity contribution in [1.29, 1.82) is 0 Å². The number of quaternary nitrogens is 1. The van der Waals surface area contributed by atoms with Gasteiger partial charge in [-0.15, -0.1) is 0 Å². The van der Waals surface area contributed by atoms with Gasteiger partial charge >= 0.3 is 5.97 Å². The molecule has 28 heavy (non-hydrogen) atoms. The molecule has 0 fully saturated rings. The number of amides is 2. The minimum atomic E-state index is -0.382. The second-order valence-electron chi connectivity index (χ2n) is 6.43. The van der Waals surface area contributed by atoms with Crippen molar-refractivity contribution in [2.45, 2.75) is 13.5 Å². The van der Waals surface area contributed by atoms with Crippen molar-refractivity contribution >= 4 is 23.5 Å². The molecule has 148 valence electrons. The van der Waals surface area contributed by atoms with Crippen LogP contribution in [0.4, 0.5) is 5.69 Å². The van der Waals surface area contributed by atoms with Crippen LogP contribution in [0.15, 0.2) is 48.5 Å². The van der Waals surface area contributed by atoms with E-state index in [1.165, 1.54) is 0 Å². The fourth-order valence-electron chi connectivity index (χ4n) is 2.71. The van der Waals surface area contributed by atoms with E-state index in [-0.39, 0.29) is 24.3 Å². The van der Waals surface area contributed by atoms with Gasteiger partial charge in [0.1, 0.15) is 6.54 Å². The maximum absolute atomic E-state index is 12.2. The minimum Gasteiger partial charge on any atom is -0.462 e. The van der Waals surface area contributed by atoms with Crippen LogP contribution < -0.4 is 15.5 Å². The minimum absolute atomic E-state index is 0.122. The quantitative estimate of drug-likeness (QED) is 0.590. The Morgan fingerprint density at radius 1 is 0.964 bits per heavy atom. The third kappa shape index (κ3) is 6.21.